The summed E-state index contributed by atoms with van der Waals surface area (Å²) in [6.07, 6.45) is 0.0985. The van der Waals surface area contributed by atoms with E-state index in [1.54, 1.807) is 13.1 Å². The van der Waals surface area contributed by atoms with Crippen LogP contribution in [-0.2, 0) is 9.59 Å². The number of hydrogen-bond donors (Lipinski definition) is 1. The number of hydrogen-bond acceptors (Lipinski definition) is 4. The van der Waals surface area contributed by atoms with Crippen molar-refractivity contribution in [2.45, 2.75) is 18.6 Å². The summed E-state index contributed by atoms with van der Waals surface area (Å²) in [6, 6.07) is 13.1. The van der Waals surface area contributed by atoms with Crippen LogP contribution in [0, 0.1) is 12.7 Å². The van der Waals surface area contributed by atoms with Crippen LogP contribution in [0.1, 0.15) is 12.0 Å². The molecule has 26 heavy (non-hydrogen) atoms. The van der Waals surface area contributed by atoms with Gasteiger partial charge in [-0.05, 0) is 48.9 Å². The van der Waals surface area contributed by atoms with Gasteiger partial charge in [-0.1, -0.05) is 23.9 Å². The van der Waals surface area contributed by atoms with Gasteiger partial charge in [0, 0.05) is 19.2 Å². The van der Waals surface area contributed by atoms with Crippen LogP contribution in [0.4, 0.5) is 15.8 Å². The molecule has 2 aromatic rings. The Balaban J connectivity index is 1.77. The van der Waals surface area contributed by atoms with E-state index in [-0.39, 0.29) is 24.1 Å². The summed E-state index contributed by atoms with van der Waals surface area (Å²) in [6.45, 7) is 1.94. The third-order valence-electron chi connectivity index (χ3n) is 3.90. The van der Waals surface area contributed by atoms with Crippen molar-refractivity contribution in [2.24, 2.45) is 4.99 Å². The molecule has 1 N–H and O–H groups in total. The number of nitrogens with zero attached hydrogens (tertiary/aromatic N) is 2. The number of amidine groups is 1. The van der Waals surface area contributed by atoms with E-state index < -0.39 is 5.25 Å². The average Bonchev–Trinajstić information content (AvgIpc) is 2.60. The van der Waals surface area contributed by atoms with E-state index in [0.29, 0.717) is 16.5 Å². The van der Waals surface area contributed by atoms with Gasteiger partial charge in [-0.2, -0.15) is 0 Å². The highest BCUT2D eigenvalue weighted by Crippen LogP contribution is 2.29. The normalized spacial score (nSPS) is 18.9. The molecule has 1 atom stereocenters. The Morgan fingerprint density at radius 1 is 1.27 bits per heavy atom. The molecule has 2 aromatic carbocycles. The Morgan fingerprint density at radius 2 is 2.00 bits per heavy atom. The van der Waals surface area contributed by atoms with Crippen molar-refractivity contribution >= 4 is 40.1 Å². The molecule has 3 rings (SSSR count). The van der Waals surface area contributed by atoms with Crippen LogP contribution in [0.5, 0.6) is 0 Å². The van der Waals surface area contributed by atoms with Gasteiger partial charge in [-0.3, -0.25) is 14.5 Å². The fraction of sp³-hybridized carbons (Fsp3) is 0.211. The third-order valence-corrected chi connectivity index (χ3v) is 5.14. The Morgan fingerprint density at radius 3 is 2.69 bits per heavy atom. The molecule has 2 amide bonds. The Hall–Kier alpha value is -2.67. The lowest BCUT2D eigenvalue weighted by atomic mass is 10.2. The molecule has 134 valence electrons. The molecular weight excluding hydrogens is 353 g/mol. The van der Waals surface area contributed by atoms with E-state index in [1.165, 1.54) is 40.9 Å². The number of aliphatic imine (C=N–C) groups is 1. The van der Waals surface area contributed by atoms with Gasteiger partial charge in [-0.15, -0.1) is 0 Å². The van der Waals surface area contributed by atoms with Crippen molar-refractivity contribution in [3.05, 3.63) is 59.9 Å². The van der Waals surface area contributed by atoms with Crippen LogP contribution in [-0.4, -0.2) is 34.2 Å². The van der Waals surface area contributed by atoms with E-state index in [4.69, 9.17) is 0 Å². The zero-order valence-corrected chi connectivity index (χ0v) is 15.2. The highest BCUT2D eigenvalue weighted by molar-refractivity contribution is 8.15. The SMILES string of the molecule is Cc1cccc(NC(=O)C2CC(=O)N(C)C(=Nc3ccc(F)cc3)S2)c1. The van der Waals surface area contributed by atoms with Crippen molar-refractivity contribution in [1.82, 2.24) is 4.90 Å². The van der Waals surface area contributed by atoms with Gasteiger partial charge < -0.3 is 5.32 Å². The van der Waals surface area contributed by atoms with Crippen molar-refractivity contribution < 1.29 is 14.0 Å². The summed E-state index contributed by atoms with van der Waals surface area (Å²) in [5.41, 5.74) is 2.25. The average molecular weight is 371 g/mol. The molecule has 1 saturated heterocycles. The summed E-state index contributed by atoms with van der Waals surface area (Å²) in [5.74, 6) is -0.784. The minimum atomic E-state index is -0.571. The van der Waals surface area contributed by atoms with Gasteiger partial charge in [0.15, 0.2) is 5.17 Å². The summed E-state index contributed by atoms with van der Waals surface area (Å²) < 4.78 is 13.0. The van der Waals surface area contributed by atoms with Crippen LogP contribution in [0.2, 0.25) is 0 Å². The van der Waals surface area contributed by atoms with Crippen molar-refractivity contribution in [3.63, 3.8) is 0 Å². The molecule has 1 aliphatic heterocycles. The molecule has 1 fully saturated rings. The largest absolute Gasteiger partial charge is 0.325 e. The maximum atomic E-state index is 13.0. The molecule has 0 radical (unpaired) electrons. The Kier molecular flexibility index (Phi) is 5.37. The first-order chi connectivity index (χ1) is 12.4. The van der Waals surface area contributed by atoms with Crippen LogP contribution >= 0.6 is 11.8 Å². The number of carbonyl (C=O) groups is 2. The van der Waals surface area contributed by atoms with E-state index >= 15 is 0 Å². The summed E-state index contributed by atoms with van der Waals surface area (Å²) >= 11 is 1.22. The number of thioether (sulfide) groups is 1. The predicted octanol–water partition coefficient (Wildman–Crippen LogP) is 3.72. The van der Waals surface area contributed by atoms with Crippen LogP contribution in [0.15, 0.2) is 53.5 Å². The zero-order chi connectivity index (χ0) is 18.7. The molecule has 1 unspecified atom stereocenters. The second-order valence-corrected chi connectivity index (χ2v) is 7.16. The first-order valence-corrected chi connectivity index (χ1v) is 8.95. The van der Waals surface area contributed by atoms with E-state index in [0.717, 1.165) is 5.56 Å². The lowest BCUT2D eigenvalue weighted by Gasteiger charge is -2.28. The smallest absolute Gasteiger partial charge is 0.238 e. The quantitative estimate of drug-likeness (QED) is 0.894. The van der Waals surface area contributed by atoms with Crippen molar-refractivity contribution in [3.8, 4) is 0 Å². The van der Waals surface area contributed by atoms with Gasteiger partial charge >= 0.3 is 0 Å². The summed E-state index contributed by atoms with van der Waals surface area (Å²) in [7, 11) is 1.62. The molecule has 0 bridgehead atoms. The highest BCUT2D eigenvalue weighted by atomic mass is 32.2. The molecule has 1 heterocycles. The Labute approximate surface area is 155 Å². The fourth-order valence-electron chi connectivity index (χ4n) is 2.47. The number of aryl methyl sites for hydroxylation is 1. The molecule has 0 spiro atoms. The second kappa shape index (κ2) is 7.70. The van der Waals surface area contributed by atoms with Crippen molar-refractivity contribution in [2.75, 3.05) is 12.4 Å². The van der Waals surface area contributed by atoms with Gasteiger partial charge in [0.05, 0.1) is 5.69 Å². The monoisotopic (exact) mass is 371 g/mol. The lowest BCUT2D eigenvalue weighted by molar-refractivity contribution is -0.128. The molecule has 7 heteroatoms. The minimum absolute atomic E-state index is 0.0985. The third kappa shape index (κ3) is 4.29. The Bertz CT molecular complexity index is 867. The standard InChI is InChI=1S/C19H18FN3O2S/c1-12-4-3-5-15(10-12)21-18(25)16-11-17(24)23(2)19(26-16)22-14-8-6-13(20)7-9-14/h3-10,16H,11H2,1-2H3,(H,21,25). The summed E-state index contributed by atoms with van der Waals surface area (Å²) in [5, 5.41) is 2.69. The molecular formula is C19H18FN3O2S. The maximum absolute atomic E-state index is 13.0. The van der Waals surface area contributed by atoms with Crippen LogP contribution in [0.25, 0.3) is 0 Å². The van der Waals surface area contributed by atoms with Gasteiger partial charge in [0.1, 0.15) is 11.1 Å². The maximum Gasteiger partial charge on any atom is 0.238 e. The summed E-state index contributed by atoms with van der Waals surface area (Å²) in [4.78, 5) is 30.6. The number of rotatable bonds is 3. The van der Waals surface area contributed by atoms with Crippen molar-refractivity contribution in [1.29, 1.82) is 0 Å². The molecule has 5 nitrogen and oxygen atoms in total. The molecule has 0 saturated carbocycles. The van der Waals surface area contributed by atoms with Gasteiger partial charge in [0.25, 0.3) is 0 Å². The molecule has 0 aromatic heterocycles. The lowest BCUT2D eigenvalue weighted by Crippen LogP contribution is -2.43. The van der Waals surface area contributed by atoms with Crippen LogP contribution in [0.3, 0.4) is 0 Å². The first-order valence-electron chi connectivity index (χ1n) is 8.07. The first kappa shape index (κ1) is 18.1. The fourth-order valence-corrected chi connectivity index (χ4v) is 3.53. The number of nitrogens with one attached hydrogen (secondary N) is 1. The van der Waals surface area contributed by atoms with E-state index in [1.807, 2.05) is 25.1 Å². The topological polar surface area (TPSA) is 61.8 Å². The number of carbonyl (C=O) groups excluding carboxylic acids is 2. The number of anilines is 1. The molecule has 0 aliphatic carbocycles. The van der Waals surface area contributed by atoms with Gasteiger partial charge in [-0.25, -0.2) is 9.38 Å². The highest BCUT2D eigenvalue weighted by Gasteiger charge is 2.34. The number of amides is 2. The van der Waals surface area contributed by atoms with Gasteiger partial charge in [0.2, 0.25) is 11.8 Å². The van der Waals surface area contributed by atoms with E-state index in [9.17, 15) is 14.0 Å². The van der Waals surface area contributed by atoms with E-state index in [2.05, 4.69) is 10.3 Å². The zero-order valence-electron chi connectivity index (χ0n) is 14.4. The number of benzene rings is 2. The predicted molar refractivity (Wildman–Crippen MR) is 102 cm³/mol. The second-order valence-electron chi connectivity index (χ2n) is 5.99. The van der Waals surface area contributed by atoms with Crippen LogP contribution < -0.4 is 5.32 Å². The number of halogens is 1. The molecule has 1 aliphatic rings. The minimum Gasteiger partial charge on any atom is -0.325 e.